The minimum absolute atomic E-state index is 0.0208. The van der Waals surface area contributed by atoms with E-state index in [0.717, 1.165) is 30.4 Å². The van der Waals surface area contributed by atoms with Crippen LogP contribution in [0, 0.1) is 18.8 Å². The van der Waals surface area contributed by atoms with Crippen LogP contribution in [0.1, 0.15) is 49.2 Å². The summed E-state index contributed by atoms with van der Waals surface area (Å²) < 4.78 is 0. The van der Waals surface area contributed by atoms with Gasteiger partial charge < -0.3 is 10.6 Å². The van der Waals surface area contributed by atoms with Gasteiger partial charge in [-0.05, 0) is 38.2 Å². The quantitative estimate of drug-likeness (QED) is 0.868. The Kier molecular flexibility index (Phi) is 4.99. The van der Waals surface area contributed by atoms with Crippen molar-refractivity contribution in [3.63, 3.8) is 0 Å². The Bertz CT molecular complexity index is 473. The summed E-state index contributed by atoms with van der Waals surface area (Å²) in [5.74, 6) is 1.33. The third-order valence-electron chi connectivity index (χ3n) is 4.22. The number of amides is 1. The number of hydrogen-bond acceptors (Lipinski definition) is 3. The first-order chi connectivity index (χ1) is 9.61. The molecule has 1 aromatic heterocycles. The van der Waals surface area contributed by atoms with Crippen LogP contribution >= 0.6 is 0 Å². The van der Waals surface area contributed by atoms with Gasteiger partial charge in [-0.3, -0.25) is 9.78 Å². The van der Waals surface area contributed by atoms with Crippen LogP contribution in [0.4, 0.5) is 5.69 Å². The smallest absolute Gasteiger partial charge is 0.254 e. The molecule has 0 bridgehead atoms. The van der Waals surface area contributed by atoms with E-state index in [1.54, 1.807) is 6.20 Å². The number of nitrogens with zero attached hydrogens (tertiary/aromatic N) is 1. The molecule has 110 valence electrons. The van der Waals surface area contributed by atoms with Crippen LogP contribution in [0.5, 0.6) is 0 Å². The molecule has 20 heavy (non-hydrogen) atoms. The Balaban J connectivity index is 2.01. The first-order valence-corrected chi connectivity index (χ1v) is 7.60. The van der Waals surface area contributed by atoms with Gasteiger partial charge in [0, 0.05) is 25.0 Å². The topological polar surface area (TPSA) is 54.0 Å². The Morgan fingerprint density at radius 1 is 1.45 bits per heavy atom. The maximum atomic E-state index is 12.3. The third-order valence-corrected chi connectivity index (χ3v) is 4.22. The summed E-state index contributed by atoms with van der Waals surface area (Å²) in [6.45, 7) is 7.81. The average molecular weight is 275 g/mol. The highest BCUT2D eigenvalue weighted by atomic mass is 16.1. The number of pyridine rings is 1. The molecule has 4 nitrogen and oxygen atoms in total. The molecule has 4 heteroatoms. The number of nitrogens with one attached hydrogen (secondary N) is 2. The predicted molar refractivity (Wildman–Crippen MR) is 82.0 cm³/mol. The highest BCUT2D eigenvalue weighted by molar-refractivity contribution is 5.99. The summed E-state index contributed by atoms with van der Waals surface area (Å²) in [5, 5.41) is 6.30. The zero-order valence-electron chi connectivity index (χ0n) is 12.7. The fraction of sp³-hybridized carbons (Fsp3) is 0.625. The van der Waals surface area contributed by atoms with Gasteiger partial charge in [0.1, 0.15) is 0 Å². The van der Waals surface area contributed by atoms with Crippen molar-refractivity contribution < 1.29 is 4.79 Å². The van der Waals surface area contributed by atoms with E-state index in [4.69, 9.17) is 0 Å². The SMILES string of the molecule is CCNc1cc(C)ncc1C(=O)NCC1CCCC1C. The van der Waals surface area contributed by atoms with Crippen molar-refractivity contribution in [2.75, 3.05) is 18.4 Å². The highest BCUT2D eigenvalue weighted by Gasteiger charge is 2.24. The van der Waals surface area contributed by atoms with Crippen LogP contribution in [0.2, 0.25) is 0 Å². The van der Waals surface area contributed by atoms with Crippen LogP contribution in [0.25, 0.3) is 0 Å². The van der Waals surface area contributed by atoms with Crippen molar-refractivity contribution in [1.29, 1.82) is 0 Å². The fourth-order valence-corrected chi connectivity index (χ4v) is 2.92. The van der Waals surface area contributed by atoms with Gasteiger partial charge in [0.2, 0.25) is 0 Å². The fourth-order valence-electron chi connectivity index (χ4n) is 2.92. The monoisotopic (exact) mass is 275 g/mol. The van der Waals surface area contributed by atoms with Crippen LogP contribution in [-0.4, -0.2) is 24.0 Å². The van der Waals surface area contributed by atoms with Crippen molar-refractivity contribution in [2.45, 2.75) is 40.0 Å². The predicted octanol–water partition coefficient (Wildman–Crippen LogP) is 2.99. The molecule has 2 rings (SSSR count). The number of anilines is 1. The summed E-state index contributed by atoms with van der Waals surface area (Å²) in [7, 11) is 0. The minimum Gasteiger partial charge on any atom is -0.385 e. The maximum Gasteiger partial charge on any atom is 0.254 e. The van der Waals surface area contributed by atoms with E-state index in [-0.39, 0.29) is 5.91 Å². The molecule has 0 aromatic carbocycles. The largest absolute Gasteiger partial charge is 0.385 e. The number of aromatic nitrogens is 1. The lowest BCUT2D eigenvalue weighted by atomic mass is 9.98. The second-order valence-electron chi connectivity index (χ2n) is 5.78. The number of hydrogen-bond donors (Lipinski definition) is 2. The Labute approximate surface area is 121 Å². The molecule has 2 atom stereocenters. The van der Waals surface area contributed by atoms with E-state index in [9.17, 15) is 4.79 Å². The van der Waals surface area contributed by atoms with Gasteiger partial charge in [0.25, 0.3) is 5.91 Å². The molecule has 2 unspecified atom stereocenters. The van der Waals surface area contributed by atoms with Crippen LogP contribution in [0.3, 0.4) is 0 Å². The molecule has 1 aliphatic carbocycles. The second kappa shape index (κ2) is 6.73. The lowest BCUT2D eigenvalue weighted by molar-refractivity contribution is 0.0945. The van der Waals surface area contributed by atoms with E-state index in [2.05, 4.69) is 22.5 Å². The van der Waals surface area contributed by atoms with Crippen molar-refractivity contribution >= 4 is 11.6 Å². The molecular formula is C16H25N3O. The molecule has 1 aliphatic rings. The number of carbonyl (C=O) groups excluding carboxylic acids is 1. The molecule has 0 aliphatic heterocycles. The van der Waals surface area contributed by atoms with Crippen molar-refractivity contribution in [1.82, 2.24) is 10.3 Å². The van der Waals surface area contributed by atoms with E-state index in [0.29, 0.717) is 11.5 Å². The first kappa shape index (κ1) is 14.8. The summed E-state index contributed by atoms with van der Waals surface area (Å²) >= 11 is 0. The lowest BCUT2D eigenvalue weighted by Gasteiger charge is -2.17. The number of aryl methyl sites for hydroxylation is 1. The second-order valence-corrected chi connectivity index (χ2v) is 5.78. The molecule has 0 radical (unpaired) electrons. The van der Waals surface area contributed by atoms with Gasteiger partial charge in [-0.15, -0.1) is 0 Å². The van der Waals surface area contributed by atoms with Gasteiger partial charge in [0.05, 0.1) is 11.3 Å². The molecule has 1 amide bonds. The van der Waals surface area contributed by atoms with Gasteiger partial charge in [-0.25, -0.2) is 0 Å². The van der Waals surface area contributed by atoms with Crippen molar-refractivity contribution in [2.24, 2.45) is 11.8 Å². The molecule has 1 fully saturated rings. The van der Waals surface area contributed by atoms with Gasteiger partial charge in [-0.2, -0.15) is 0 Å². The van der Waals surface area contributed by atoms with Gasteiger partial charge >= 0.3 is 0 Å². The first-order valence-electron chi connectivity index (χ1n) is 7.60. The average Bonchev–Trinajstić information content (AvgIpc) is 2.82. The van der Waals surface area contributed by atoms with Crippen LogP contribution < -0.4 is 10.6 Å². The summed E-state index contributed by atoms with van der Waals surface area (Å²) in [6.07, 6.45) is 5.47. The molecular weight excluding hydrogens is 250 g/mol. The van der Waals surface area contributed by atoms with Crippen molar-refractivity contribution in [3.05, 3.63) is 23.5 Å². The third kappa shape index (κ3) is 3.50. The molecule has 1 aromatic rings. The number of rotatable bonds is 5. The minimum atomic E-state index is -0.0208. The summed E-state index contributed by atoms with van der Waals surface area (Å²) in [5.41, 5.74) is 2.43. The summed E-state index contributed by atoms with van der Waals surface area (Å²) in [6, 6.07) is 1.93. The Hall–Kier alpha value is -1.58. The van der Waals surface area contributed by atoms with Crippen LogP contribution in [0.15, 0.2) is 12.3 Å². The number of carbonyl (C=O) groups is 1. The van der Waals surface area contributed by atoms with E-state index < -0.39 is 0 Å². The zero-order valence-corrected chi connectivity index (χ0v) is 12.7. The molecule has 2 N–H and O–H groups in total. The zero-order chi connectivity index (χ0) is 14.5. The Morgan fingerprint density at radius 2 is 2.25 bits per heavy atom. The maximum absolute atomic E-state index is 12.3. The lowest BCUT2D eigenvalue weighted by Crippen LogP contribution is -2.31. The normalized spacial score (nSPS) is 21.8. The van der Waals surface area contributed by atoms with Gasteiger partial charge in [0.15, 0.2) is 0 Å². The van der Waals surface area contributed by atoms with E-state index in [1.807, 2.05) is 19.9 Å². The van der Waals surface area contributed by atoms with Crippen molar-refractivity contribution in [3.8, 4) is 0 Å². The Morgan fingerprint density at radius 3 is 2.90 bits per heavy atom. The standard InChI is InChI=1S/C16H25N3O/c1-4-17-15-8-12(3)18-10-14(15)16(20)19-9-13-7-5-6-11(13)2/h8,10-11,13H,4-7,9H2,1-3H3,(H,17,18)(H,19,20). The van der Waals surface area contributed by atoms with E-state index in [1.165, 1.54) is 19.3 Å². The molecule has 1 saturated carbocycles. The van der Waals surface area contributed by atoms with Gasteiger partial charge in [-0.1, -0.05) is 19.8 Å². The van der Waals surface area contributed by atoms with Crippen LogP contribution in [-0.2, 0) is 0 Å². The highest BCUT2D eigenvalue weighted by Crippen LogP contribution is 2.30. The molecule has 0 spiro atoms. The molecule has 0 saturated heterocycles. The molecule has 1 heterocycles. The summed E-state index contributed by atoms with van der Waals surface area (Å²) in [4.78, 5) is 16.6. The van der Waals surface area contributed by atoms with E-state index >= 15 is 0 Å².